The zero-order valence-corrected chi connectivity index (χ0v) is 16.6. The second-order valence-electron chi connectivity index (χ2n) is 5.94. The standard InChI is InChI=1S/C19H20N6O5/c1-28-15-6-4-12(8-14(15)26)10-20-21-18(27)11-25-23-19(22-24-25)13-5-7-16(29-2)17(9-13)30-3/h4-10,26H,11H2,1-3H3,(H,21,27)/b20-10+. The predicted molar refractivity (Wildman–Crippen MR) is 107 cm³/mol. The highest BCUT2D eigenvalue weighted by Crippen LogP contribution is 2.30. The van der Waals surface area contributed by atoms with Crippen molar-refractivity contribution in [3.63, 3.8) is 0 Å². The molecule has 0 radical (unpaired) electrons. The number of benzene rings is 2. The molecule has 3 aromatic rings. The topological polar surface area (TPSA) is 133 Å². The third kappa shape index (κ3) is 4.82. The van der Waals surface area contributed by atoms with Crippen molar-refractivity contribution >= 4 is 12.1 Å². The first-order valence-electron chi connectivity index (χ1n) is 8.73. The van der Waals surface area contributed by atoms with Crippen LogP contribution in [-0.2, 0) is 11.3 Å². The number of hydrazone groups is 1. The van der Waals surface area contributed by atoms with Gasteiger partial charge in [0.05, 0.1) is 27.5 Å². The third-order valence-electron chi connectivity index (χ3n) is 3.99. The van der Waals surface area contributed by atoms with Gasteiger partial charge in [0.15, 0.2) is 23.0 Å². The van der Waals surface area contributed by atoms with Gasteiger partial charge in [-0.3, -0.25) is 4.79 Å². The molecule has 2 N–H and O–H groups in total. The van der Waals surface area contributed by atoms with Gasteiger partial charge in [-0.15, -0.1) is 10.2 Å². The summed E-state index contributed by atoms with van der Waals surface area (Å²) in [7, 11) is 4.53. The van der Waals surface area contributed by atoms with E-state index >= 15 is 0 Å². The van der Waals surface area contributed by atoms with E-state index in [0.717, 1.165) is 4.80 Å². The van der Waals surface area contributed by atoms with E-state index in [1.165, 1.54) is 26.5 Å². The number of hydrogen-bond donors (Lipinski definition) is 2. The molecular formula is C19H20N6O5. The number of hydrogen-bond acceptors (Lipinski definition) is 9. The molecule has 3 rings (SSSR count). The van der Waals surface area contributed by atoms with Gasteiger partial charge in [0.2, 0.25) is 5.82 Å². The highest BCUT2D eigenvalue weighted by atomic mass is 16.5. The van der Waals surface area contributed by atoms with Crippen molar-refractivity contribution in [3.05, 3.63) is 42.0 Å². The van der Waals surface area contributed by atoms with Crippen molar-refractivity contribution in [1.82, 2.24) is 25.6 Å². The summed E-state index contributed by atoms with van der Waals surface area (Å²) < 4.78 is 15.4. The Bertz CT molecular complexity index is 1070. The van der Waals surface area contributed by atoms with E-state index < -0.39 is 5.91 Å². The van der Waals surface area contributed by atoms with Crippen LogP contribution in [0.1, 0.15) is 5.56 Å². The summed E-state index contributed by atoms with van der Waals surface area (Å²) >= 11 is 0. The second-order valence-corrected chi connectivity index (χ2v) is 5.94. The molecule has 156 valence electrons. The molecule has 1 heterocycles. The normalized spacial score (nSPS) is 10.8. The predicted octanol–water partition coefficient (Wildman–Crippen LogP) is 1.22. The van der Waals surface area contributed by atoms with Crippen molar-refractivity contribution in [2.45, 2.75) is 6.54 Å². The van der Waals surface area contributed by atoms with Gasteiger partial charge >= 0.3 is 0 Å². The number of carbonyl (C=O) groups is 1. The van der Waals surface area contributed by atoms with Crippen LogP contribution < -0.4 is 19.6 Å². The van der Waals surface area contributed by atoms with Crippen LogP contribution >= 0.6 is 0 Å². The summed E-state index contributed by atoms with van der Waals surface area (Å²) in [4.78, 5) is 13.2. The highest BCUT2D eigenvalue weighted by Gasteiger charge is 2.12. The molecule has 30 heavy (non-hydrogen) atoms. The maximum Gasteiger partial charge on any atom is 0.263 e. The lowest BCUT2D eigenvalue weighted by molar-refractivity contribution is -0.122. The zero-order chi connectivity index (χ0) is 21.5. The van der Waals surface area contributed by atoms with Crippen LogP contribution in [0.4, 0.5) is 0 Å². The average Bonchev–Trinajstić information content (AvgIpc) is 3.21. The summed E-state index contributed by atoms with van der Waals surface area (Å²) in [6, 6.07) is 9.94. The number of nitrogens with zero attached hydrogens (tertiary/aromatic N) is 5. The Balaban J connectivity index is 1.60. The Morgan fingerprint density at radius 2 is 1.83 bits per heavy atom. The first kappa shape index (κ1) is 20.6. The summed E-state index contributed by atoms with van der Waals surface area (Å²) in [5, 5.41) is 25.6. The molecule has 0 bridgehead atoms. The third-order valence-corrected chi connectivity index (χ3v) is 3.99. The summed E-state index contributed by atoms with van der Waals surface area (Å²) in [6.45, 7) is -0.175. The number of tetrazole rings is 1. The Morgan fingerprint density at radius 1 is 1.10 bits per heavy atom. The van der Waals surface area contributed by atoms with E-state index in [-0.39, 0.29) is 12.3 Å². The van der Waals surface area contributed by atoms with Crippen LogP contribution in [0.3, 0.4) is 0 Å². The molecule has 1 aromatic heterocycles. The molecule has 2 aromatic carbocycles. The molecule has 11 heteroatoms. The highest BCUT2D eigenvalue weighted by molar-refractivity contribution is 5.83. The second kappa shape index (κ2) is 9.37. The number of amides is 1. The van der Waals surface area contributed by atoms with Crippen LogP contribution in [-0.4, -0.2) is 58.8 Å². The molecule has 11 nitrogen and oxygen atoms in total. The average molecular weight is 412 g/mol. The van der Waals surface area contributed by atoms with E-state index in [4.69, 9.17) is 14.2 Å². The number of aromatic nitrogens is 4. The van der Waals surface area contributed by atoms with Crippen LogP contribution in [0.5, 0.6) is 23.0 Å². The quantitative estimate of drug-likeness (QED) is 0.417. The van der Waals surface area contributed by atoms with Crippen LogP contribution in [0.2, 0.25) is 0 Å². The lowest BCUT2D eigenvalue weighted by atomic mass is 10.2. The smallest absolute Gasteiger partial charge is 0.263 e. The van der Waals surface area contributed by atoms with Gasteiger partial charge < -0.3 is 19.3 Å². The largest absolute Gasteiger partial charge is 0.504 e. The van der Waals surface area contributed by atoms with E-state index in [0.29, 0.717) is 34.2 Å². The molecule has 0 saturated carbocycles. The molecule has 0 spiro atoms. The van der Waals surface area contributed by atoms with E-state index in [2.05, 4.69) is 25.9 Å². The zero-order valence-electron chi connectivity index (χ0n) is 16.6. The summed E-state index contributed by atoms with van der Waals surface area (Å²) in [5.41, 5.74) is 3.61. The van der Waals surface area contributed by atoms with Gasteiger partial charge in [-0.25, -0.2) is 5.43 Å². The van der Waals surface area contributed by atoms with Gasteiger partial charge in [-0.05, 0) is 47.2 Å². The molecule has 0 atom stereocenters. The van der Waals surface area contributed by atoms with Crippen molar-refractivity contribution in [2.75, 3.05) is 21.3 Å². The Labute approximate surface area is 171 Å². The maximum atomic E-state index is 12.0. The van der Waals surface area contributed by atoms with Gasteiger partial charge in [-0.2, -0.15) is 9.90 Å². The number of rotatable bonds is 8. The van der Waals surface area contributed by atoms with Gasteiger partial charge in [-0.1, -0.05) is 0 Å². The van der Waals surface area contributed by atoms with Crippen LogP contribution in [0.15, 0.2) is 41.5 Å². The Kier molecular flexibility index (Phi) is 6.42. The molecule has 0 fully saturated rings. The molecule has 0 aliphatic carbocycles. The van der Waals surface area contributed by atoms with Crippen molar-refractivity contribution in [3.8, 4) is 34.4 Å². The minimum absolute atomic E-state index is 0.0257. The fourth-order valence-electron chi connectivity index (χ4n) is 2.53. The summed E-state index contributed by atoms with van der Waals surface area (Å²) in [6.07, 6.45) is 1.39. The fraction of sp³-hybridized carbons (Fsp3) is 0.211. The van der Waals surface area contributed by atoms with Crippen LogP contribution in [0.25, 0.3) is 11.4 Å². The monoisotopic (exact) mass is 412 g/mol. The molecule has 0 aliphatic heterocycles. The Morgan fingerprint density at radius 3 is 2.53 bits per heavy atom. The van der Waals surface area contributed by atoms with Gasteiger partial charge in [0, 0.05) is 5.56 Å². The first-order valence-corrected chi connectivity index (χ1v) is 8.73. The number of aromatic hydroxyl groups is 1. The van der Waals surface area contributed by atoms with E-state index in [1.807, 2.05) is 0 Å². The number of ether oxygens (including phenoxy) is 3. The lowest BCUT2D eigenvalue weighted by Crippen LogP contribution is -2.24. The molecule has 0 aliphatic rings. The first-order chi connectivity index (χ1) is 14.5. The summed E-state index contributed by atoms with van der Waals surface area (Å²) in [5.74, 6) is 1.32. The molecule has 0 saturated heterocycles. The number of phenolic OH excluding ortho intramolecular Hbond substituents is 1. The number of methoxy groups -OCH3 is 3. The molecular weight excluding hydrogens is 392 g/mol. The SMILES string of the molecule is COc1ccc(/C=N/NC(=O)Cn2nnc(-c3ccc(OC)c(OC)c3)n2)cc1O. The van der Waals surface area contributed by atoms with Gasteiger partial charge in [0.25, 0.3) is 5.91 Å². The van der Waals surface area contributed by atoms with Crippen molar-refractivity contribution in [2.24, 2.45) is 5.10 Å². The Hall–Kier alpha value is -4.15. The fourth-order valence-corrected chi connectivity index (χ4v) is 2.53. The van der Waals surface area contributed by atoms with Crippen LogP contribution in [0, 0.1) is 0 Å². The minimum atomic E-state index is -0.444. The minimum Gasteiger partial charge on any atom is -0.504 e. The van der Waals surface area contributed by atoms with E-state index in [1.54, 1.807) is 37.4 Å². The molecule has 1 amide bonds. The number of phenols is 1. The lowest BCUT2D eigenvalue weighted by Gasteiger charge is -2.07. The van der Waals surface area contributed by atoms with Crippen molar-refractivity contribution < 1.29 is 24.1 Å². The van der Waals surface area contributed by atoms with Crippen molar-refractivity contribution in [1.29, 1.82) is 0 Å². The maximum absolute atomic E-state index is 12.0. The van der Waals surface area contributed by atoms with Gasteiger partial charge in [0.1, 0.15) is 6.54 Å². The number of nitrogens with one attached hydrogen (secondary N) is 1. The van der Waals surface area contributed by atoms with E-state index in [9.17, 15) is 9.90 Å². The molecule has 0 unspecified atom stereocenters. The number of carbonyl (C=O) groups excluding carboxylic acids is 1.